The molecule has 1 heterocycles. The molecule has 0 unspecified atom stereocenters. The Kier molecular flexibility index (Phi) is 4.66. The number of aromatic nitrogens is 2. The van der Waals surface area contributed by atoms with Crippen molar-refractivity contribution in [3.8, 4) is 11.4 Å². The highest BCUT2D eigenvalue weighted by Gasteiger charge is 2.12. The minimum absolute atomic E-state index is 0.0797. The molecule has 2 N–H and O–H groups in total. The minimum atomic E-state index is -1.07. The first-order chi connectivity index (χ1) is 14.0. The number of rotatable bonds is 4. The van der Waals surface area contributed by atoms with E-state index < -0.39 is 5.97 Å². The summed E-state index contributed by atoms with van der Waals surface area (Å²) >= 11 is 0. The smallest absolute Gasteiger partial charge is 0.335 e. The van der Waals surface area contributed by atoms with Crippen LogP contribution in [0.3, 0.4) is 0 Å². The van der Waals surface area contributed by atoms with Crippen LogP contribution >= 0.6 is 0 Å². The van der Waals surface area contributed by atoms with E-state index in [1.807, 2.05) is 0 Å². The average Bonchev–Trinajstić information content (AvgIpc) is 2.73. The molecule has 1 aromatic heterocycles. The van der Waals surface area contributed by atoms with E-state index in [0.717, 1.165) is 5.56 Å². The Balaban J connectivity index is 1.94. The van der Waals surface area contributed by atoms with Crippen molar-refractivity contribution in [2.75, 3.05) is 0 Å². The largest absolute Gasteiger partial charge is 0.508 e. The van der Waals surface area contributed by atoms with Crippen LogP contribution in [0.15, 0.2) is 77.6 Å². The van der Waals surface area contributed by atoms with E-state index in [9.17, 15) is 19.8 Å². The van der Waals surface area contributed by atoms with Crippen LogP contribution < -0.4 is 5.56 Å². The van der Waals surface area contributed by atoms with E-state index in [-0.39, 0.29) is 16.9 Å². The van der Waals surface area contributed by atoms with Gasteiger partial charge < -0.3 is 10.2 Å². The molecule has 0 fully saturated rings. The molecule has 0 amide bonds. The van der Waals surface area contributed by atoms with E-state index in [0.29, 0.717) is 22.4 Å². The predicted molar refractivity (Wildman–Crippen MR) is 111 cm³/mol. The quantitative estimate of drug-likeness (QED) is 0.556. The number of nitrogens with zero attached hydrogens (tertiary/aromatic N) is 2. The van der Waals surface area contributed by atoms with Gasteiger partial charge >= 0.3 is 5.97 Å². The fraction of sp³-hybridized carbons (Fsp3) is 0. The Bertz CT molecular complexity index is 1300. The van der Waals surface area contributed by atoms with Crippen LogP contribution in [-0.2, 0) is 0 Å². The van der Waals surface area contributed by atoms with Crippen molar-refractivity contribution in [3.05, 3.63) is 100 Å². The van der Waals surface area contributed by atoms with Gasteiger partial charge in [0.1, 0.15) is 11.6 Å². The molecule has 0 aliphatic rings. The lowest BCUT2D eigenvalue weighted by molar-refractivity contribution is 0.0697. The van der Waals surface area contributed by atoms with Crippen molar-refractivity contribution >= 4 is 29.0 Å². The van der Waals surface area contributed by atoms with Gasteiger partial charge in [-0.3, -0.25) is 9.36 Å². The summed E-state index contributed by atoms with van der Waals surface area (Å²) in [5.74, 6) is -0.549. The molecule has 4 aromatic rings. The summed E-state index contributed by atoms with van der Waals surface area (Å²) in [6.07, 6.45) is 3.46. The number of aromatic carboxylic acids is 1. The molecular formula is C23H16N2O4. The first kappa shape index (κ1) is 18.2. The Morgan fingerprint density at radius 1 is 0.931 bits per heavy atom. The highest BCUT2D eigenvalue weighted by Crippen LogP contribution is 2.17. The average molecular weight is 384 g/mol. The van der Waals surface area contributed by atoms with Gasteiger partial charge in [-0.1, -0.05) is 36.4 Å². The number of phenolic OH excluding ortho intramolecular Hbond substituents is 1. The van der Waals surface area contributed by atoms with Gasteiger partial charge in [0.2, 0.25) is 0 Å². The van der Waals surface area contributed by atoms with Crippen molar-refractivity contribution in [2.24, 2.45) is 0 Å². The van der Waals surface area contributed by atoms with Gasteiger partial charge in [0, 0.05) is 0 Å². The van der Waals surface area contributed by atoms with E-state index >= 15 is 0 Å². The van der Waals surface area contributed by atoms with Crippen molar-refractivity contribution in [3.63, 3.8) is 0 Å². The number of carboxylic acid groups (broad SMARTS) is 1. The number of phenols is 1. The Morgan fingerprint density at radius 2 is 1.69 bits per heavy atom. The Morgan fingerprint density at radius 3 is 2.45 bits per heavy atom. The predicted octanol–water partition coefficient (Wildman–Crippen LogP) is 3.96. The summed E-state index contributed by atoms with van der Waals surface area (Å²) in [6.45, 7) is 0. The second-order valence-corrected chi connectivity index (χ2v) is 6.41. The lowest BCUT2D eigenvalue weighted by Crippen LogP contribution is -2.22. The zero-order chi connectivity index (χ0) is 20.4. The van der Waals surface area contributed by atoms with Gasteiger partial charge in [0.05, 0.1) is 22.2 Å². The summed E-state index contributed by atoms with van der Waals surface area (Å²) in [4.78, 5) is 29.2. The van der Waals surface area contributed by atoms with Crippen molar-refractivity contribution in [1.29, 1.82) is 0 Å². The first-order valence-corrected chi connectivity index (χ1v) is 8.85. The van der Waals surface area contributed by atoms with Crippen LogP contribution in [0.1, 0.15) is 21.7 Å². The highest BCUT2D eigenvalue weighted by atomic mass is 16.4. The van der Waals surface area contributed by atoms with Gasteiger partial charge in [-0.05, 0) is 54.1 Å². The number of carboxylic acids is 1. The lowest BCUT2D eigenvalue weighted by Gasteiger charge is -2.12. The van der Waals surface area contributed by atoms with Gasteiger partial charge in [-0.25, -0.2) is 9.78 Å². The second-order valence-electron chi connectivity index (χ2n) is 6.41. The fourth-order valence-electron chi connectivity index (χ4n) is 3.05. The third-order valence-electron chi connectivity index (χ3n) is 4.47. The van der Waals surface area contributed by atoms with E-state index in [4.69, 9.17) is 0 Å². The number of hydrogen-bond donors (Lipinski definition) is 2. The molecule has 29 heavy (non-hydrogen) atoms. The summed E-state index contributed by atoms with van der Waals surface area (Å²) in [5, 5.41) is 19.2. The van der Waals surface area contributed by atoms with Crippen molar-refractivity contribution in [1.82, 2.24) is 9.55 Å². The van der Waals surface area contributed by atoms with E-state index in [1.54, 1.807) is 72.8 Å². The van der Waals surface area contributed by atoms with Crippen LogP contribution in [0.5, 0.6) is 5.75 Å². The molecule has 0 atom stereocenters. The van der Waals surface area contributed by atoms with Crippen molar-refractivity contribution in [2.45, 2.75) is 0 Å². The van der Waals surface area contributed by atoms with Crippen molar-refractivity contribution < 1.29 is 15.0 Å². The molecular weight excluding hydrogens is 368 g/mol. The zero-order valence-corrected chi connectivity index (χ0v) is 15.2. The molecule has 3 aromatic carbocycles. The molecule has 6 heteroatoms. The van der Waals surface area contributed by atoms with Gasteiger partial charge in [0.15, 0.2) is 0 Å². The highest BCUT2D eigenvalue weighted by molar-refractivity contribution is 5.88. The lowest BCUT2D eigenvalue weighted by atomic mass is 10.1. The number of benzene rings is 3. The summed E-state index contributed by atoms with van der Waals surface area (Å²) in [7, 11) is 0. The van der Waals surface area contributed by atoms with Crippen LogP contribution in [0.4, 0.5) is 0 Å². The maximum Gasteiger partial charge on any atom is 0.335 e. The van der Waals surface area contributed by atoms with Gasteiger partial charge in [0.25, 0.3) is 5.56 Å². The third-order valence-corrected chi connectivity index (χ3v) is 4.47. The molecule has 0 saturated carbocycles. The van der Waals surface area contributed by atoms with Crippen LogP contribution in [-0.4, -0.2) is 25.7 Å². The molecule has 4 rings (SSSR count). The van der Waals surface area contributed by atoms with Gasteiger partial charge in [-0.2, -0.15) is 0 Å². The Hall–Kier alpha value is -4.19. The topological polar surface area (TPSA) is 92.4 Å². The Labute approximate surface area is 165 Å². The van der Waals surface area contributed by atoms with Gasteiger partial charge in [-0.15, -0.1) is 0 Å². The molecule has 0 aliphatic heterocycles. The second kappa shape index (κ2) is 7.44. The molecule has 0 saturated heterocycles. The number of para-hydroxylation sites is 1. The fourth-order valence-corrected chi connectivity index (χ4v) is 3.05. The number of fused-ring (bicyclic) bond motifs is 1. The molecule has 142 valence electrons. The minimum Gasteiger partial charge on any atom is -0.508 e. The molecule has 0 radical (unpaired) electrons. The standard InChI is InChI=1S/C23H16N2O4/c26-18-11-8-15(9-12-18)10-13-21-24-20-7-2-1-6-19(20)22(27)25(21)17-5-3-4-16(14-17)23(28)29/h1-14,26H,(H,28,29). The summed E-state index contributed by atoms with van der Waals surface area (Å²) in [6, 6.07) is 19.8. The molecule has 0 bridgehead atoms. The van der Waals surface area contributed by atoms with E-state index in [2.05, 4.69) is 4.98 Å². The maximum absolute atomic E-state index is 13.2. The summed E-state index contributed by atoms with van der Waals surface area (Å²) in [5.41, 5.74) is 1.57. The molecule has 6 nitrogen and oxygen atoms in total. The molecule has 0 spiro atoms. The van der Waals surface area contributed by atoms with Crippen LogP contribution in [0, 0.1) is 0 Å². The monoisotopic (exact) mass is 384 g/mol. The maximum atomic E-state index is 13.2. The number of aromatic hydroxyl groups is 1. The third kappa shape index (κ3) is 3.64. The molecule has 0 aliphatic carbocycles. The van der Waals surface area contributed by atoms with Crippen LogP contribution in [0.25, 0.3) is 28.7 Å². The number of hydrogen-bond acceptors (Lipinski definition) is 4. The normalized spacial score (nSPS) is 11.2. The van der Waals surface area contributed by atoms with Crippen LogP contribution in [0.2, 0.25) is 0 Å². The first-order valence-electron chi connectivity index (χ1n) is 8.85. The SMILES string of the molecule is O=C(O)c1cccc(-n2c(C=Cc3ccc(O)cc3)nc3ccccc3c2=O)c1. The number of carbonyl (C=O) groups is 1. The zero-order valence-electron chi connectivity index (χ0n) is 15.2. The van der Waals surface area contributed by atoms with E-state index in [1.165, 1.54) is 16.7 Å². The summed E-state index contributed by atoms with van der Waals surface area (Å²) < 4.78 is 1.39.